The lowest BCUT2D eigenvalue weighted by atomic mass is 10.4. The molecule has 1 N–H and O–H groups in total. The first kappa shape index (κ1) is 9.90. The Bertz CT molecular complexity index is 563. The van der Waals surface area contributed by atoms with Crippen molar-refractivity contribution in [1.82, 2.24) is 9.88 Å². The first-order valence-corrected chi connectivity index (χ1v) is 6.33. The number of nitrogens with zero attached hydrogens (tertiary/aromatic N) is 1. The van der Waals surface area contributed by atoms with E-state index in [2.05, 4.69) is 18.3 Å². The van der Waals surface area contributed by atoms with Crippen LogP contribution in [-0.2, 0) is 7.05 Å². The topological polar surface area (TPSA) is 34.0 Å². The summed E-state index contributed by atoms with van der Waals surface area (Å²) >= 11 is 1.74. The second-order valence-corrected chi connectivity index (χ2v) is 5.73. The summed E-state index contributed by atoms with van der Waals surface area (Å²) in [5.74, 6) is 0.0612. The van der Waals surface area contributed by atoms with Crippen LogP contribution in [0.15, 0.2) is 12.1 Å². The van der Waals surface area contributed by atoms with E-state index in [-0.39, 0.29) is 5.91 Å². The number of fused-ring (bicyclic) bond motifs is 1. The van der Waals surface area contributed by atoms with Gasteiger partial charge in [0.1, 0.15) is 5.69 Å². The Balaban J connectivity index is 1.99. The second-order valence-electron chi connectivity index (χ2n) is 4.44. The van der Waals surface area contributed by atoms with Crippen LogP contribution in [0.2, 0.25) is 0 Å². The molecule has 1 aliphatic carbocycles. The molecule has 0 bridgehead atoms. The van der Waals surface area contributed by atoms with Crippen LogP contribution in [0.25, 0.3) is 10.2 Å². The predicted molar refractivity (Wildman–Crippen MR) is 66.0 cm³/mol. The minimum absolute atomic E-state index is 0.0612. The normalized spacial score (nSPS) is 15.6. The highest BCUT2D eigenvalue weighted by molar-refractivity contribution is 7.19. The molecule has 4 heteroatoms. The molecule has 0 aromatic carbocycles. The Kier molecular flexibility index (Phi) is 2.07. The van der Waals surface area contributed by atoms with Crippen LogP contribution in [0.1, 0.15) is 28.2 Å². The molecule has 2 heterocycles. The summed E-state index contributed by atoms with van der Waals surface area (Å²) in [4.78, 5) is 13.2. The van der Waals surface area contributed by atoms with Gasteiger partial charge in [-0.1, -0.05) is 0 Å². The van der Waals surface area contributed by atoms with Gasteiger partial charge in [-0.15, -0.1) is 11.3 Å². The standard InChI is InChI=1S/C12H14N2OS/c1-7-5-9-11(16-7)6-10(14(9)2)12(15)13-8-3-4-8/h5-6,8H,3-4H2,1-2H3,(H,13,15). The van der Waals surface area contributed by atoms with Gasteiger partial charge in [-0.25, -0.2) is 0 Å². The van der Waals surface area contributed by atoms with Crippen molar-refractivity contribution < 1.29 is 4.79 Å². The van der Waals surface area contributed by atoms with Crippen LogP contribution in [0.3, 0.4) is 0 Å². The fraction of sp³-hybridized carbons (Fsp3) is 0.417. The fourth-order valence-electron chi connectivity index (χ4n) is 1.94. The monoisotopic (exact) mass is 234 g/mol. The Hall–Kier alpha value is -1.29. The second kappa shape index (κ2) is 3.35. The van der Waals surface area contributed by atoms with Gasteiger partial charge in [0.25, 0.3) is 5.91 Å². The lowest BCUT2D eigenvalue weighted by Gasteiger charge is -2.04. The highest BCUT2D eigenvalue weighted by Crippen LogP contribution is 2.28. The molecule has 0 aliphatic heterocycles. The van der Waals surface area contributed by atoms with Gasteiger partial charge in [-0.05, 0) is 31.9 Å². The maximum atomic E-state index is 11.9. The average molecular weight is 234 g/mol. The molecular formula is C12H14N2OS. The number of nitrogens with one attached hydrogen (secondary N) is 1. The third-order valence-corrected chi connectivity index (χ3v) is 3.99. The molecule has 0 spiro atoms. The summed E-state index contributed by atoms with van der Waals surface area (Å²) in [7, 11) is 1.95. The Morgan fingerprint density at radius 3 is 2.88 bits per heavy atom. The zero-order valence-corrected chi connectivity index (χ0v) is 10.2. The fourth-order valence-corrected chi connectivity index (χ4v) is 2.93. The molecule has 1 fully saturated rings. The van der Waals surface area contributed by atoms with E-state index < -0.39 is 0 Å². The van der Waals surface area contributed by atoms with Crippen molar-refractivity contribution in [3.63, 3.8) is 0 Å². The minimum atomic E-state index is 0.0612. The van der Waals surface area contributed by atoms with Gasteiger partial charge >= 0.3 is 0 Å². The SMILES string of the molecule is Cc1cc2c(cc(C(=O)NC3CC3)n2C)s1. The Morgan fingerprint density at radius 2 is 2.25 bits per heavy atom. The van der Waals surface area contributed by atoms with Gasteiger partial charge in [-0.2, -0.15) is 0 Å². The molecule has 1 saturated carbocycles. The maximum Gasteiger partial charge on any atom is 0.268 e. The number of hydrogen-bond acceptors (Lipinski definition) is 2. The van der Waals surface area contributed by atoms with Crippen LogP contribution in [0.5, 0.6) is 0 Å². The van der Waals surface area contributed by atoms with Crippen molar-refractivity contribution in [2.75, 3.05) is 0 Å². The lowest BCUT2D eigenvalue weighted by Crippen LogP contribution is -2.27. The Morgan fingerprint density at radius 1 is 1.50 bits per heavy atom. The van der Waals surface area contributed by atoms with Crippen molar-refractivity contribution >= 4 is 27.5 Å². The van der Waals surface area contributed by atoms with Gasteiger partial charge in [-0.3, -0.25) is 4.79 Å². The molecule has 0 unspecified atom stereocenters. The summed E-state index contributed by atoms with van der Waals surface area (Å²) in [5.41, 5.74) is 1.93. The molecule has 2 aromatic rings. The van der Waals surface area contributed by atoms with E-state index in [1.54, 1.807) is 11.3 Å². The smallest absolute Gasteiger partial charge is 0.268 e. The average Bonchev–Trinajstić information content (AvgIpc) is 2.88. The first-order chi connectivity index (χ1) is 7.65. The Labute approximate surface area is 98.1 Å². The predicted octanol–water partition coefficient (Wildman–Crippen LogP) is 2.44. The number of carbonyl (C=O) groups is 1. The third-order valence-electron chi connectivity index (χ3n) is 3.00. The molecule has 1 amide bonds. The molecule has 3 nitrogen and oxygen atoms in total. The molecule has 2 aromatic heterocycles. The van der Waals surface area contributed by atoms with Crippen LogP contribution < -0.4 is 5.32 Å². The van der Waals surface area contributed by atoms with Gasteiger partial charge in [0.2, 0.25) is 0 Å². The summed E-state index contributed by atoms with van der Waals surface area (Å²) in [6.45, 7) is 2.09. The number of aryl methyl sites for hydroxylation is 2. The van der Waals surface area contributed by atoms with Crippen LogP contribution in [0, 0.1) is 6.92 Å². The van der Waals surface area contributed by atoms with E-state index in [1.165, 1.54) is 9.58 Å². The molecule has 0 saturated heterocycles. The molecule has 0 radical (unpaired) electrons. The van der Waals surface area contributed by atoms with E-state index >= 15 is 0 Å². The van der Waals surface area contributed by atoms with Crippen molar-refractivity contribution in [3.8, 4) is 0 Å². The molecule has 16 heavy (non-hydrogen) atoms. The van der Waals surface area contributed by atoms with Crippen LogP contribution in [-0.4, -0.2) is 16.5 Å². The van der Waals surface area contributed by atoms with Crippen molar-refractivity contribution in [2.45, 2.75) is 25.8 Å². The van der Waals surface area contributed by atoms with E-state index in [4.69, 9.17) is 0 Å². The summed E-state index contributed by atoms with van der Waals surface area (Å²) in [6, 6.07) is 4.54. The van der Waals surface area contributed by atoms with Crippen molar-refractivity contribution in [2.24, 2.45) is 7.05 Å². The van der Waals surface area contributed by atoms with E-state index in [0.29, 0.717) is 6.04 Å². The molecular weight excluding hydrogens is 220 g/mol. The van der Waals surface area contributed by atoms with Crippen molar-refractivity contribution in [3.05, 3.63) is 22.7 Å². The maximum absolute atomic E-state index is 11.9. The third kappa shape index (κ3) is 1.53. The van der Waals surface area contributed by atoms with Crippen molar-refractivity contribution in [1.29, 1.82) is 0 Å². The molecule has 84 valence electrons. The molecule has 0 atom stereocenters. The lowest BCUT2D eigenvalue weighted by molar-refractivity contribution is 0.0943. The molecule has 3 rings (SSSR count). The zero-order valence-electron chi connectivity index (χ0n) is 9.41. The number of rotatable bonds is 2. The summed E-state index contributed by atoms with van der Waals surface area (Å²) in [5, 5.41) is 3.02. The largest absolute Gasteiger partial charge is 0.348 e. The summed E-state index contributed by atoms with van der Waals surface area (Å²) < 4.78 is 3.18. The van der Waals surface area contributed by atoms with Crippen LogP contribution >= 0.6 is 11.3 Å². The number of amides is 1. The number of aromatic nitrogens is 1. The van der Waals surface area contributed by atoms with E-state index in [0.717, 1.165) is 24.1 Å². The van der Waals surface area contributed by atoms with E-state index in [1.807, 2.05) is 17.7 Å². The summed E-state index contributed by atoms with van der Waals surface area (Å²) in [6.07, 6.45) is 2.26. The first-order valence-electron chi connectivity index (χ1n) is 5.52. The zero-order chi connectivity index (χ0) is 11.3. The van der Waals surface area contributed by atoms with Gasteiger partial charge in [0.15, 0.2) is 0 Å². The van der Waals surface area contributed by atoms with Gasteiger partial charge in [0.05, 0.1) is 10.2 Å². The quantitative estimate of drug-likeness (QED) is 0.851. The van der Waals surface area contributed by atoms with Gasteiger partial charge in [0, 0.05) is 18.0 Å². The minimum Gasteiger partial charge on any atom is -0.348 e. The highest BCUT2D eigenvalue weighted by Gasteiger charge is 2.25. The van der Waals surface area contributed by atoms with Crippen LogP contribution in [0.4, 0.5) is 0 Å². The number of hydrogen-bond donors (Lipinski definition) is 1. The highest BCUT2D eigenvalue weighted by atomic mass is 32.1. The van der Waals surface area contributed by atoms with E-state index in [9.17, 15) is 4.79 Å². The molecule has 1 aliphatic rings. The number of thiophene rings is 1. The van der Waals surface area contributed by atoms with Gasteiger partial charge < -0.3 is 9.88 Å². The number of carbonyl (C=O) groups excluding carboxylic acids is 1.